The lowest BCUT2D eigenvalue weighted by atomic mass is 10.1. The summed E-state index contributed by atoms with van der Waals surface area (Å²) >= 11 is 0. The first kappa shape index (κ1) is 24.9. The van der Waals surface area contributed by atoms with E-state index in [1.54, 1.807) is 33.9 Å². The van der Waals surface area contributed by atoms with Gasteiger partial charge in [0.05, 0.1) is 30.3 Å². The van der Waals surface area contributed by atoms with Crippen LogP contribution in [-0.2, 0) is 33.4 Å². The number of benzene rings is 2. The van der Waals surface area contributed by atoms with Gasteiger partial charge in [-0.15, -0.1) is 6.58 Å². The van der Waals surface area contributed by atoms with Gasteiger partial charge in [-0.3, -0.25) is 4.79 Å². The number of aromatic nitrogens is 2. The number of allylic oxidation sites excluding steroid dienone is 1. The van der Waals surface area contributed by atoms with Crippen molar-refractivity contribution in [3.8, 4) is 0 Å². The molecule has 0 spiro atoms. The maximum Gasteiger partial charge on any atom is 0.254 e. The molecule has 1 aliphatic heterocycles. The number of carbonyl (C=O) groups is 1. The number of sulfone groups is 1. The van der Waals surface area contributed by atoms with Crippen LogP contribution in [0.25, 0.3) is 0 Å². The molecule has 0 N–H and O–H groups in total. The maximum atomic E-state index is 13.6. The van der Waals surface area contributed by atoms with Crippen LogP contribution >= 0.6 is 0 Å². The molecule has 3 aromatic rings. The standard InChI is InChI=1S/C27H31N3O4S/c1-3-15-30-23(17-28-27(30)35(32,33)20-22-11-5-4-6-12-22)18-29(19-24-13-9-16-34-24)26(31)25-14-8-7-10-21(25)2/h3-8,10-12,14,17,24H,1,9,13,15-16,18-20H2,2H3/t24-/m0/s1. The van der Waals surface area contributed by atoms with E-state index >= 15 is 0 Å². The first-order chi connectivity index (χ1) is 16.9. The number of amides is 1. The number of aryl methyl sites for hydroxylation is 1. The summed E-state index contributed by atoms with van der Waals surface area (Å²) in [5, 5.41) is -0.0170. The van der Waals surface area contributed by atoms with Crippen LogP contribution in [-0.4, -0.2) is 48.0 Å². The van der Waals surface area contributed by atoms with Crippen LogP contribution in [0, 0.1) is 6.92 Å². The number of nitrogens with zero attached hydrogens (tertiary/aromatic N) is 3. The normalized spacial score (nSPS) is 15.7. The van der Waals surface area contributed by atoms with E-state index in [1.165, 1.54) is 0 Å². The molecule has 0 radical (unpaired) electrons. The summed E-state index contributed by atoms with van der Waals surface area (Å²) in [4.78, 5) is 19.6. The first-order valence-electron chi connectivity index (χ1n) is 11.8. The molecule has 0 aliphatic carbocycles. The highest BCUT2D eigenvalue weighted by molar-refractivity contribution is 7.90. The largest absolute Gasteiger partial charge is 0.376 e. The topological polar surface area (TPSA) is 81.5 Å². The first-order valence-corrected chi connectivity index (χ1v) is 13.4. The van der Waals surface area contributed by atoms with Gasteiger partial charge in [0.15, 0.2) is 0 Å². The van der Waals surface area contributed by atoms with Crippen molar-refractivity contribution in [1.82, 2.24) is 14.5 Å². The molecule has 1 aromatic heterocycles. The van der Waals surface area contributed by atoms with Gasteiger partial charge in [-0.25, -0.2) is 13.4 Å². The molecule has 0 bridgehead atoms. The third-order valence-corrected chi connectivity index (χ3v) is 7.75. The third-order valence-electron chi connectivity index (χ3n) is 6.15. The number of ether oxygens (including phenoxy) is 1. The Bertz CT molecular complexity index is 1280. The second kappa shape index (κ2) is 11.0. The summed E-state index contributed by atoms with van der Waals surface area (Å²) in [5.41, 5.74) is 2.84. The molecule has 184 valence electrons. The van der Waals surface area contributed by atoms with Crippen LogP contribution in [0.15, 0.2) is 78.6 Å². The Morgan fingerprint density at radius 2 is 1.94 bits per heavy atom. The molecular formula is C27H31N3O4S. The number of carbonyl (C=O) groups excluding carboxylic acids is 1. The van der Waals surface area contributed by atoms with E-state index in [0.29, 0.717) is 30.0 Å². The van der Waals surface area contributed by atoms with Crippen molar-refractivity contribution in [2.75, 3.05) is 13.2 Å². The molecule has 2 aromatic carbocycles. The van der Waals surface area contributed by atoms with Gasteiger partial charge in [-0.05, 0) is 37.0 Å². The Morgan fingerprint density at radius 3 is 2.63 bits per heavy atom. The molecule has 1 saturated heterocycles. The highest BCUT2D eigenvalue weighted by Crippen LogP contribution is 2.22. The van der Waals surface area contributed by atoms with Crippen molar-refractivity contribution < 1.29 is 17.9 Å². The Hall–Kier alpha value is -3.23. The van der Waals surface area contributed by atoms with E-state index in [1.807, 2.05) is 49.4 Å². The monoisotopic (exact) mass is 493 g/mol. The summed E-state index contributed by atoms with van der Waals surface area (Å²) < 4.78 is 34.0. The number of hydrogen-bond donors (Lipinski definition) is 0. The maximum absolute atomic E-state index is 13.6. The van der Waals surface area contributed by atoms with E-state index < -0.39 is 9.84 Å². The Labute approximate surface area is 207 Å². The lowest BCUT2D eigenvalue weighted by molar-refractivity contribution is 0.0501. The summed E-state index contributed by atoms with van der Waals surface area (Å²) in [6.45, 7) is 7.31. The zero-order chi connectivity index (χ0) is 24.8. The van der Waals surface area contributed by atoms with Crippen LogP contribution in [0.4, 0.5) is 0 Å². The van der Waals surface area contributed by atoms with E-state index in [9.17, 15) is 13.2 Å². The zero-order valence-electron chi connectivity index (χ0n) is 20.0. The molecule has 8 heteroatoms. The zero-order valence-corrected chi connectivity index (χ0v) is 20.8. The summed E-state index contributed by atoms with van der Waals surface area (Å²) in [5.74, 6) is -0.262. The lowest BCUT2D eigenvalue weighted by Gasteiger charge is -2.26. The fraction of sp³-hybridized carbons (Fsp3) is 0.333. The molecule has 0 saturated carbocycles. The average molecular weight is 494 g/mol. The fourth-order valence-corrected chi connectivity index (χ4v) is 5.88. The molecule has 35 heavy (non-hydrogen) atoms. The smallest absolute Gasteiger partial charge is 0.254 e. The van der Waals surface area contributed by atoms with Crippen LogP contribution in [0.2, 0.25) is 0 Å². The molecule has 1 fully saturated rings. The van der Waals surface area contributed by atoms with Crippen LogP contribution in [0.1, 0.15) is 40.0 Å². The Balaban J connectivity index is 1.65. The van der Waals surface area contributed by atoms with Crippen molar-refractivity contribution in [2.24, 2.45) is 0 Å². The highest BCUT2D eigenvalue weighted by Gasteiger charge is 2.28. The molecule has 4 rings (SSSR count). The molecule has 2 heterocycles. The third kappa shape index (κ3) is 5.89. The van der Waals surface area contributed by atoms with E-state index in [0.717, 1.165) is 18.4 Å². The van der Waals surface area contributed by atoms with Gasteiger partial charge in [0, 0.05) is 25.3 Å². The number of rotatable bonds is 10. The predicted molar refractivity (Wildman–Crippen MR) is 135 cm³/mol. The van der Waals surface area contributed by atoms with Gasteiger partial charge >= 0.3 is 0 Å². The van der Waals surface area contributed by atoms with Gasteiger partial charge in [0.25, 0.3) is 5.91 Å². The molecule has 0 unspecified atom stereocenters. The van der Waals surface area contributed by atoms with Crippen LogP contribution < -0.4 is 0 Å². The van der Waals surface area contributed by atoms with Crippen molar-refractivity contribution in [3.05, 3.63) is 95.8 Å². The van der Waals surface area contributed by atoms with Crippen LogP contribution in [0.3, 0.4) is 0 Å². The van der Waals surface area contributed by atoms with Gasteiger partial charge in [0.1, 0.15) is 0 Å². The predicted octanol–water partition coefficient (Wildman–Crippen LogP) is 4.17. The van der Waals surface area contributed by atoms with E-state index in [2.05, 4.69) is 11.6 Å². The Morgan fingerprint density at radius 1 is 1.20 bits per heavy atom. The molecule has 1 aliphatic rings. The number of hydrogen-bond acceptors (Lipinski definition) is 5. The minimum absolute atomic E-state index is 0.0170. The van der Waals surface area contributed by atoms with Crippen molar-refractivity contribution in [2.45, 2.75) is 49.9 Å². The van der Waals surface area contributed by atoms with E-state index in [4.69, 9.17) is 4.74 Å². The molecule has 1 atom stereocenters. The summed E-state index contributed by atoms with van der Waals surface area (Å²) in [6.07, 6.45) is 5.00. The lowest BCUT2D eigenvalue weighted by Crippen LogP contribution is -2.38. The summed E-state index contributed by atoms with van der Waals surface area (Å²) in [6, 6.07) is 16.5. The summed E-state index contributed by atoms with van der Waals surface area (Å²) in [7, 11) is -3.71. The minimum atomic E-state index is -3.71. The quantitative estimate of drug-likeness (QED) is 0.396. The molecule has 1 amide bonds. The van der Waals surface area contributed by atoms with Crippen LogP contribution in [0.5, 0.6) is 0 Å². The number of imidazole rings is 1. The highest BCUT2D eigenvalue weighted by atomic mass is 32.2. The average Bonchev–Trinajstić information content (AvgIpc) is 3.50. The van der Waals surface area contributed by atoms with Gasteiger partial charge in [-0.1, -0.05) is 54.6 Å². The van der Waals surface area contributed by atoms with Crippen molar-refractivity contribution in [3.63, 3.8) is 0 Å². The molecule has 7 nitrogen and oxygen atoms in total. The second-order valence-electron chi connectivity index (χ2n) is 8.81. The van der Waals surface area contributed by atoms with Crippen molar-refractivity contribution in [1.29, 1.82) is 0 Å². The fourth-order valence-electron chi connectivity index (χ4n) is 4.38. The van der Waals surface area contributed by atoms with Gasteiger partial charge < -0.3 is 14.2 Å². The molecular weight excluding hydrogens is 462 g/mol. The SMILES string of the molecule is C=CCn1c(CN(C[C@@H]2CCCO2)C(=O)c2ccccc2C)cnc1S(=O)(=O)Cc1ccccc1. The van der Waals surface area contributed by atoms with Crippen molar-refractivity contribution >= 4 is 15.7 Å². The minimum Gasteiger partial charge on any atom is -0.376 e. The second-order valence-corrected chi connectivity index (χ2v) is 10.7. The van der Waals surface area contributed by atoms with Gasteiger partial charge in [0.2, 0.25) is 15.0 Å². The Kier molecular flexibility index (Phi) is 7.83. The van der Waals surface area contributed by atoms with Gasteiger partial charge in [-0.2, -0.15) is 0 Å². The van der Waals surface area contributed by atoms with E-state index in [-0.39, 0.29) is 36.0 Å².